The van der Waals surface area contributed by atoms with Gasteiger partial charge in [-0.2, -0.15) is 10.2 Å². The second-order valence-electron chi connectivity index (χ2n) is 6.71. The third-order valence-electron chi connectivity index (χ3n) is 4.94. The lowest BCUT2D eigenvalue weighted by molar-refractivity contribution is 0.255. The summed E-state index contributed by atoms with van der Waals surface area (Å²) in [6.07, 6.45) is 5.70. The van der Waals surface area contributed by atoms with Gasteiger partial charge in [0, 0.05) is 24.0 Å². The van der Waals surface area contributed by atoms with Crippen LogP contribution in [0.4, 0.5) is 5.88 Å². The minimum absolute atomic E-state index is 0.0923. The maximum Gasteiger partial charge on any atom is 0.232 e. The van der Waals surface area contributed by atoms with Crippen molar-refractivity contribution in [1.82, 2.24) is 14.9 Å². The van der Waals surface area contributed by atoms with E-state index in [-0.39, 0.29) is 11.7 Å². The molecular weight excluding hydrogens is 374 g/mol. The molecule has 2 aromatic heterocycles. The van der Waals surface area contributed by atoms with Crippen LogP contribution in [0.1, 0.15) is 30.1 Å². The highest BCUT2D eigenvalue weighted by atomic mass is 35.5. The Morgan fingerprint density at radius 3 is 2.75 bits per heavy atom. The van der Waals surface area contributed by atoms with Gasteiger partial charge in [0.25, 0.3) is 0 Å². The predicted molar refractivity (Wildman–Crippen MR) is 108 cm³/mol. The van der Waals surface area contributed by atoms with E-state index in [1.54, 1.807) is 18.5 Å². The molecule has 0 spiro atoms. The molecule has 0 bridgehead atoms. The topological polar surface area (TPSA) is 78.0 Å². The van der Waals surface area contributed by atoms with Gasteiger partial charge in [-0.15, -0.1) is 0 Å². The Labute approximate surface area is 168 Å². The van der Waals surface area contributed by atoms with Crippen molar-refractivity contribution in [3.05, 3.63) is 65.1 Å². The van der Waals surface area contributed by atoms with Crippen LogP contribution >= 0.6 is 11.6 Å². The molecule has 1 atom stereocenters. The zero-order valence-corrected chi connectivity index (χ0v) is 16.1. The molecule has 28 heavy (non-hydrogen) atoms. The van der Waals surface area contributed by atoms with Crippen molar-refractivity contribution >= 4 is 17.5 Å². The van der Waals surface area contributed by atoms with Crippen LogP contribution in [0.25, 0.3) is 11.5 Å². The summed E-state index contributed by atoms with van der Waals surface area (Å²) in [5, 5.41) is 13.5. The van der Waals surface area contributed by atoms with Gasteiger partial charge in [0.2, 0.25) is 17.5 Å². The average molecular weight is 394 g/mol. The van der Waals surface area contributed by atoms with E-state index >= 15 is 0 Å². The van der Waals surface area contributed by atoms with E-state index < -0.39 is 0 Å². The Hall–Kier alpha value is -2.88. The number of anilines is 1. The second kappa shape index (κ2) is 8.42. The van der Waals surface area contributed by atoms with Crippen LogP contribution in [-0.2, 0) is 0 Å². The summed E-state index contributed by atoms with van der Waals surface area (Å²) in [6, 6.07) is 13.8. The van der Waals surface area contributed by atoms with Gasteiger partial charge in [0.05, 0.1) is 11.6 Å². The minimum Gasteiger partial charge on any atom is -0.419 e. The smallest absolute Gasteiger partial charge is 0.232 e. The first kappa shape index (κ1) is 18.5. The molecule has 3 heterocycles. The lowest BCUT2D eigenvalue weighted by Crippen LogP contribution is -2.31. The van der Waals surface area contributed by atoms with Crippen molar-refractivity contribution < 1.29 is 4.42 Å². The quantitative estimate of drug-likeness (QED) is 0.663. The largest absolute Gasteiger partial charge is 0.419 e. The fourth-order valence-corrected chi connectivity index (χ4v) is 3.81. The van der Waals surface area contributed by atoms with Gasteiger partial charge < -0.3 is 9.73 Å². The van der Waals surface area contributed by atoms with Crippen molar-refractivity contribution in [3.8, 4) is 17.5 Å². The molecule has 0 unspecified atom stereocenters. The number of likely N-dealkylation sites (tertiary alicyclic amines) is 1. The SMILES string of the molecule is N#Cc1nc(-c2cccnc2)oc1NC[C@H](c1ccccc1Cl)N1CCCC1. The number of benzene rings is 1. The maximum absolute atomic E-state index is 9.46. The molecule has 1 aliphatic rings. The van der Waals surface area contributed by atoms with Crippen molar-refractivity contribution in [2.45, 2.75) is 18.9 Å². The van der Waals surface area contributed by atoms with Crippen molar-refractivity contribution in [3.63, 3.8) is 0 Å². The number of aromatic nitrogens is 2. The Kier molecular flexibility index (Phi) is 5.56. The van der Waals surface area contributed by atoms with Crippen molar-refractivity contribution in [2.75, 3.05) is 25.0 Å². The number of nitrogens with zero attached hydrogens (tertiary/aromatic N) is 4. The standard InChI is InChI=1S/C21H20ClN5O/c22-17-8-2-1-7-16(17)19(27-10-3-4-11-27)14-25-21-18(12-23)26-20(28-21)15-6-5-9-24-13-15/h1-2,5-9,13,19,25H,3-4,10-11,14H2/t19-/m1/s1. The maximum atomic E-state index is 9.46. The molecule has 1 aromatic carbocycles. The van der Waals surface area contributed by atoms with Gasteiger partial charge in [-0.3, -0.25) is 9.88 Å². The second-order valence-corrected chi connectivity index (χ2v) is 7.12. The molecule has 1 fully saturated rings. The van der Waals surface area contributed by atoms with Crippen LogP contribution in [0.5, 0.6) is 0 Å². The summed E-state index contributed by atoms with van der Waals surface area (Å²) in [4.78, 5) is 10.8. The van der Waals surface area contributed by atoms with E-state index in [1.165, 1.54) is 12.8 Å². The molecule has 0 saturated carbocycles. The normalized spacial score (nSPS) is 15.3. The van der Waals surface area contributed by atoms with Gasteiger partial charge in [-0.1, -0.05) is 29.8 Å². The first-order valence-electron chi connectivity index (χ1n) is 9.30. The number of oxazole rings is 1. The van der Waals surface area contributed by atoms with Gasteiger partial charge in [-0.25, -0.2) is 0 Å². The Bertz CT molecular complexity index is 976. The number of pyridine rings is 1. The van der Waals surface area contributed by atoms with Crippen LogP contribution in [0, 0.1) is 11.3 Å². The molecule has 7 heteroatoms. The Morgan fingerprint density at radius 1 is 1.21 bits per heavy atom. The number of hydrogen-bond acceptors (Lipinski definition) is 6. The first-order valence-corrected chi connectivity index (χ1v) is 9.67. The van der Waals surface area contributed by atoms with Crippen LogP contribution in [0.3, 0.4) is 0 Å². The molecule has 4 rings (SSSR count). The van der Waals surface area contributed by atoms with Gasteiger partial charge >= 0.3 is 0 Å². The van der Waals surface area contributed by atoms with Crippen molar-refractivity contribution in [2.24, 2.45) is 0 Å². The third kappa shape index (κ3) is 3.86. The molecule has 0 aliphatic carbocycles. The van der Waals surface area contributed by atoms with E-state index in [2.05, 4.69) is 32.3 Å². The zero-order chi connectivity index (χ0) is 19.3. The number of nitriles is 1. The summed E-state index contributed by atoms with van der Waals surface area (Å²) >= 11 is 6.47. The zero-order valence-electron chi connectivity index (χ0n) is 15.3. The van der Waals surface area contributed by atoms with Gasteiger partial charge in [0.1, 0.15) is 6.07 Å². The summed E-state index contributed by atoms with van der Waals surface area (Å²) in [5.74, 6) is 0.750. The van der Waals surface area contributed by atoms with Gasteiger partial charge in [-0.05, 0) is 49.7 Å². The summed E-state index contributed by atoms with van der Waals surface area (Å²) in [5.41, 5.74) is 2.04. The summed E-state index contributed by atoms with van der Waals surface area (Å²) < 4.78 is 5.83. The van der Waals surface area contributed by atoms with E-state index in [9.17, 15) is 5.26 Å². The highest BCUT2D eigenvalue weighted by Gasteiger charge is 2.26. The van der Waals surface area contributed by atoms with Crippen LogP contribution in [0.2, 0.25) is 5.02 Å². The molecular formula is C21H20ClN5O. The lowest BCUT2D eigenvalue weighted by Gasteiger charge is -2.28. The Morgan fingerprint density at radius 2 is 2.04 bits per heavy atom. The summed E-state index contributed by atoms with van der Waals surface area (Å²) in [7, 11) is 0. The highest BCUT2D eigenvalue weighted by molar-refractivity contribution is 6.31. The molecule has 3 aromatic rings. The first-order chi connectivity index (χ1) is 13.8. The Balaban J connectivity index is 1.58. The molecule has 142 valence electrons. The van der Waals surface area contributed by atoms with Crippen LogP contribution in [0.15, 0.2) is 53.2 Å². The molecule has 0 radical (unpaired) electrons. The summed E-state index contributed by atoms with van der Waals surface area (Å²) in [6.45, 7) is 2.63. The fraction of sp³-hybridized carbons (Fsp3) is 0.286. The fourth-order valence-electron chi connectivity index (χ4n) is 3.55. The average Bonchev–Trinajstić information content (AvgIpc) is 3.40. The predicted octanol–water partition coefficient (Wildman–Crippen LogP) is 4.51. The van der Waals surface area contributed by atoms with E-state index in [1.807, 2.05) is 24.3 Å². The van der Waals surface area contributed by atoms with Crippen LogP contribution in [-0.4, -0.2) is 34.5 Å². The number of halogens is 1. The number of nitrogens with one attached hydrogen (secondary N) is 1. The molecule has 1 saturated heterocycles. The monoisotopic (exact) mass is 393 g/mol. The van der Waals surface area contributed by atoms with Crippen LogP contribution < -0.4 is 5.32 Å². The lowest BCUT2D eigenvalue weighted by atomic mass is 10.1. The minimum atomic E-state index is 0.0923. The number of hydrogen-bond donors (Lipinski definition) is 1. The van der Waals surface area contributed by atoms with E-state index in [0.29, 0.717) is 18.3 Å². The van der Waals surface area contributed by atoms with E-state index in [4.69, 9.17) is 16.0 Å². The van der Waals surface area contributed by atoms with E-state index in [0.717, 1.165) is 29.2 Å². The van der Waals surface area contributed by atoms with Crippen molar-refractivity contribution in [1.29, 1.82) is 5.26 Å². The molecule has 1 N–H and O–H groups in total. The highest BCUT2D eigenvalue weighted by Crippen LogP contribution is 2.31. The van der Waals surface area contributed by atoms with Gasteiger partial charge in [0.15, 0.2) is 0 Å². The molecule has 0 amide bonds. The third-order valence-corrected chi connectivity index (χ3v) is 5.29. The molecule has 6 nitrogen and oxygen atoms in total. The number of rotatable bonds is 6. The molecule has 1 aliphatic heterocycles.